The molecule has 124 valence electrons. The van der Waals surface area contributed by atoms with Gasteiger partial charge in [-0.25, -0.2) is 4.98 Å². The molecule has 1 aliphatic rings. The maximum Gasteiger partial charge on any atom is 0.236 e. The molecule has 1 N–H and O–H groups in total. The summed E-state index contributed by atoms with van der Waals surface area (Å²) in [5, 5.41) is 5.50. The molecule has 1 saturated heterocycles. The van der Waals surface area contributed by atoms with E-state index < -0.39 is 0 Å². The van der Waals surface area contributed by atoms with Crippen LogP contribution in [-0.4, -0.2) is 36.1 Å². The average molecular weight is 364 g/mol. The Morgan fingerprint density at radius 2 is 2.23 bits per heavy atom. The first-order valence-corrected chi connectivity index (χ1v) is 8.10. The van der Waals surface area contributed by atoms with Crippen LogP contribution in [0.4, 0.5) is 0 Å². The van der Waals surface area contributed by atoms with E-state index in [9.17, 15) is 0 Å². The van der Waals surface area contributed by atoms with Gasteiger partial charge in [0.15, 0.2) is 0 Å². The summed E-state index contributed by atoms with van der Waals surface area (Å²) in [6, 6.07) is 4.71. The lowest BCUT2D eigenvalue weighted by atomic mass is 10.1. The van der Waals surface area contributed by atoms with Gasteiger partial charge in [-0.1, -0.05) is 6.07 Å². The number of nitrogens with one attached hydrogen (secondary N) is 1. The first-order chi connectivity index (χ1) is 9.83. The summed E-state index contributed by atoms with van der Waals surface area (Å²) in [4.78, 5) is 8.10. The highest BCUT2D eigenvalue weighted by Gasteiger charge is 2.18. The molecule has 0 amide bonds. The molecule has 0 aromatic carbocycles. The summed E-state index contributed by atoms with van der Waals surface area (Å²) >= 11 is 1.66. The summed E-state index contributed by atoms with van der Waals surface area (Å²) < 4.78 is 5.58. The molecule has 1 fully saturated rings. The molecular weight excluding hydrogens is 341 g/mol. The first kappa shape index (κ1) is 19.5. The normalized spacial score (nSPS) is 18.4. The van der Waals surface area contributed by atoms with Crippen molar-refractivity contribution in [1.82, 2.24) is 15.2 Å². The van der Waals surface area contributed by atoms with Crippen LogP contribution in [-0.2, 0) is 6.54 Å². The van der Waals surface area contributed by atoms with Gasteiger partial charge in [-0.15, -0.1) is 36.2 Å². The van der Waals surface area contributed by atoms with Crippen LogP contribution in [0, 0.1) is 0 Å². The van der Waals surface area contributed by atoms with Crippen LogP contribution in [0.2, 0.25) is 0 Å². The zero-order chi connectivity index (χ0) is 13.8. The van der Waals surface area contributed by atoms with E-state index in [1.54, 1.807) is 17.6 Å². The Labute approximate surface area is 148 Å². The lowest BCUT2D eigenvalue weighted by Crippen LogP contribution is -2.32. The molecule has 7 heteroatoms. The van der Waals surface area contributed by atoms with Crippen LogP contribution in [0.25, 0.3) is 10.8 Å². The Morgan fingerprint density at radius 3 is 3.00 bits per heavy atom. The minimum atomic E-state index is 0. The Morgan fingerprint density at radius 1 is 1.36 bits per heavy atom. The summed E-state index contributed by atoms with van der Waals surface area (Å²) in [7, 11) is 2.19. The van der Waals surface area contributed by atoms with Crippen LogP contribution >= 0.6 is 36.2 Å². The quantitative estimate of drug-likeness (QED) is 0.896. The topological polar surface area (TPSA) is 41.3 Å². The number of hydrogen-bond donors (Lipinski definition) is 1. The maximum atomic E-state index is 5.58. The van der Waals surface area contributed by atoms with Crippen molar-refractivity contribution in [2.75, 3.05) is 20.1 Å². The van der Waals surface area contributed by atoms with Gasteiger partial charge in [0.25, 0.3) is 0 Å². The van der Waals surface area contributed by atoms with Gasteiger partial charge in [0.05, 0.1) is 10.6 Å². The molecule has 3 heterocycles. The Kier molecular flexibility index (Phi) is 8.43. The van der Waals surface area contributed by atoms with Gasteiger partial charge in [0, 0.05) is 12.6 Å². The molecule has 1 aliphatic heterocycles. The van der Waals surface area contributed by atoms with Crippen molar-refractivity contribution >= 4 is 36.2 Å². The van der Waals surface area contributed by atoms with E-state index in [1.165, 1.54) is 19.3 Å². The predicted octanol–water partition coefficient (Wildman–Crippen LogP) is 3.82. The standard InChI is InChI=1S/C15H21N3OS.2ClH/c1-18(13-4-2-7-16-8-6-13)10-12-11-19-15(17-12)14-5-3-9-20-14;;/h3,5,9,11,13,16H,2,4,6-8,10H2,1H3;2*1H. The van der Waals surface area contributed by atoms with Gasteiger partial charge < -0.3 is 9.73 Å². The SMILES string of the molecule is CN(Cc1coc(-c2cccs2)n1)C1CCCNCC1.Cl.Cl. The Balaban J connectivity index is 0.00000121. The van der Waals surface area contributed by atoms with Crippen LogP contribution in [0.1, 0.15) is 25.0 Å². The Bertz CT molecular complexity index is 525. The van der Waals surface area contributed by atoms with Crippen molar-refractivity contribution in [2.45, 2.75) is 31.8 Å². The third kappa shape index (κ3) is 4.96. The molecule has 0 bridgehead atoms. The van der Waals surface area contributed by atoms with E-state index in [0.717, 1.165) is 36.1 Å². The van der Waals surface area contributed by atoms with Gasteiger partial charge in [-0.3, -0.25) is 4.90 Å². The summed E-state index contributed by atoms with van der Waals surface area (Å²) in [5.41, 5.74) is 1.02. The monoisotopic (exact) mass is 363 g/mol. The number of oxazole rings is 1. The molecular formula is C15H23Cl2N3OS. The van der Waals surface area contributed by atoms with Crippen LogP contribution in [0.15, 0.2) is 28.2 Å². The lowest BCUT2D eigenvalue weighted by Gasteiger charge is -2.25. The molecule has 0 aliphatic carbocycles. The van der Waals surface area contributed by atoms with Crippen molar-refractivity contribution < 1.29 is 4.42 Å². The number of thiophene rings is 1. The van der Waals surface area contributed by atoms with E-state index >= 15 is 0 Å². The summed E-state index contributed by atoms with van der Waals surface area (Å²) in [6.07, 6.45) is 5.53. The third-order valence-electron chi connectivity index (χ3n) is 3.86. The fourth-order valence-electron chi connectivity index (χ4n) is 2.72. The average Bonchev–Trinajstić information content (AvgIpc) is 3.05. The summed E-state index contributed by atoms with van der Waals surface area (Å²) in [6.45, 7) is 3.13. The number of hydrogen-bond acceptors (Lipinski definition) is 5. The molecule has 0 saturated carbocycles. The molecule has 22 heavy (non-hydrogen) atoms. The van der Waals surface area contributed by atoms with Crippen molar-refractivity contribution in [3.8, 4) is 10.8 Å². The van der Waals surface area contributed by atoms with E-state index in [0.29, 0.717) is 6.04 Å². The van der Waals surface area contributed by atoms with E-state index in [-0.39, 0.29) is 24.8 Å². The van der Waals surface area contributed by atoms with Crippen LogP contribution in [0.5, 0.6) is 0 Å². The summed E-state index contributed by atoms with van der Waals surface area (Å²) in [5.74, 6) is 0.742. The molecule has 1 unspecified atom stereocenters. The second kappa shape index (κ2) is 9.53. The highest BCUT2D eigenvalue weighted by atomic mass is 35.5. The molecule has 2 aromatic heterocycles. The largest absolute Gasteiger partial charge is 0.444 e. The highest BCUT2D eigenvalue weighted by molar-refractivity contribution is 7.13. The van der Waals surface area contributed by atoms with Crippen molar-refractivity contribution in [2.24, 2.45) is 0 Å². The molecule has 4 nitrogen and oxygen atoms in total. The number of rotatable bonds is 4. The fourth-order valence-corrected chi connectivity index (χ4v) is 3.37. The molecule has 1 atom stereocenters. The second-order valence-corrected chi connectivity index (χ2v) is 6.32. The van der Waals surface area contributed by atoms with Crippen molar-refractivity contribution in [1.29, 1.82) is 0 Å². The van der Waals surface area contributed by atoms with Crippen LogP contribution in [0.3, 0.4) is 0 Å². The number of halogens is 2. The second-order valence-electron chi connectivity index (χ2n) is 5.37. The van der Waals surface area contributed by atoms with Crippen molar-refractivity contribution in [3.05, 3.63) is 29.5 Å². The van der Waals surface area contributed by atoms with Gasteiger partial charge in [0.2, 0.25) is 5.89 Å². The van der Waals surface area contributed by atoms with Gasteiger partial charge in [-0.05, 0) is 50.8 Å². The minimum absolute atomic E-state index is 0. The zero-order valence-electron chi connectivity index (χ0n) is 12.7. The maximum absolute atomic E-state index is 5.58. The van der Waals surface area contributed by atoms with E-state index in [4.69, 9.17) is 4.42 Å². The number of nitrogens with zero attached hydrogens (tertiary/aromatic N) is 2. The molecule has 3 rings (SSSR count). The van der Waals surface area contributed by atoms with Gasteiger partial charge >= 0.3 is 0 Å². The molecule has 0 spiro atoms. The predicted molar refractivity (Wildman–Crippen MR) is 96.3 cm³/mol. The van der Waals surface area contributed by atoms with Crippen LogP contribution < -0.4 is 5.32 Å². The Hall–Kier alpha value is -0.590. The van der Waals surface area contributed by atoms with Gasteiger partial charge in [-0.2, -0.15) is 0 Å². The zero-order valence-corrected chi connectivity index (χ0v) is 15.1. The fraction of sp³-hybridized carbons (Fsp3) is 0.533. The van der Waals surface area contributed by atoms with E-state index in [1.807, 2.05) is 17.5 Å². The molecule has 0 radical (unpaired) electrons. The number of aromatic nitrogens is 1. The van der Waals surface area contributed by atoms with E-state index in [2.05, 4.69) is 22.2 Å². The molecule has 2 aromatic rings. The minimum Gasteiger partial charge on any atom is -0.444 e. The van der Waals surface area contributed by atoms with Crippen molar-refractivity contribution in [3.63, 3.8) is 0 Å². The first-order valence-electron chi connectivity index (χ1n) is 7.22. The lowest BCUT2D eigenvalue weighted by molar-refractivity contribution is 0.214. The van der Waals surface area contributed by atoms with Gasteiger partial charge in [0.1, 0.15) is 6.26 Å². The highest BCUT2D eigenvalue weighted by Crippen LogP contribution is 2.24. The smallest absolute Gasteiger partial charge is 0.236 e. The third-order valence-corrected chi connectivity index (χ3v) is 4.72.